The van der Waals surface area contributed by atoms with Crippen LogP contribution in [0.25, 0.3) is 5.65 Å². The van der Waals surface area contributed by atoms with Gasteiger partial charge in [-0.1, -0.05) is 0 Å². The zero-order valence-electron chi connectivity index (χ0n) is 13.5. The van der Waals surface area contributed by atoms with Gasteiger partial charge in [0.05, 0.1) is 18.1 Å². The van der Waals surface area contributed by atoms with Gasteiger partial charge in [-0.2, -0.15) is 0 Å². The van der Waals surface area contributed by atoms with E-state index in [1.807, 2.05) is 0 Å². The van der Waals surface area contributed by atoms with E-state index in [1.165, 1.54) is 30.6 Å². The number of aromatic nitrogens is 3. The normalized spacial score (nSPS) is 19.8. The van der Waals surface area contributed by atoms with Gasteiger partial charge in [0.15, 0.2) is 11.5 Å². The lowest BCUT2D eigenvalue weighted by molar-refractivity contribution is 0.495. The number of fused-ring (bicyclic) bond motifs is 1. The maximum Gasteiger partial charge on any atom is 0.157 e. The first kappa shape index (κ1) is 16.2. The van der Waals surface area contributed by atoms with Crippen molar-refractivity contribution in [2.24, 2.45) is 16.5 Å². The topological polar surface area (TPSA) is 107 Å². The van der Waals surface area contributed by atoms with Crippen molar-refractivity contribution in [3.05, 3.63) is 77.8 Å². The second kappa shape index (κ2) is 5.88. The fraction of sp³-hybridized carbons (Fsp3) is 0.118. The maximum atomic E-state index is 13.6. The van der Waals surface area contributed by atoms with Crippen molar-refractivity contribution in [2.45, 2.75) is 12.1 Å². The molecule has 1 unspecified atom stereocenters. The highest BCUT2D eigenvalue weighted by atomic mass is 19.1. The molecule has 4 rings (SSSR count). The SMILES string of the molecule is NC1=CNC(c2cnc3ccc(F)cn23)=NC1(N)Cc1ccc(F)cn1. The number of aliphatic imine (C=N–C) groups is 1. The van der Waals surface area contributed by atoms with Crippen LogP contribution in [0.1, 0.15) is 11.4 Å². The number of rotatable bonds is 3. The number of pyridine rings is 2. The molecule has 1 aliphatic heterocycles. The lowest BCUT2D eigenvalue weighted by Crippen LogP contribution is -2.50. The Kier molecular flexibility index (Phi) is 3.66. The number of nitrogens with zero attached hydrogens (tertiary/aromatic N) is 4. The quantitative estimate of drug-likeness (QED) is 0.651. The molecule has 1 aliphatic rings. The molecule has 132 valence electrons. The van der Waals surface area contributed by atoms with Crippen LogP contribution in [0.2, 0.25) is 0 Å². The number of nitrogens with one attached hydrogen (secondary N) is 1. The van der Waals surface area contributed by atoms with Crippen LogP contribution in [0.5, 0.6) is 0 Å². The summed E-state index contributed by atoms with van der Waals surface area (Å²) in [5.74, 6) is -0.453. The summed E-state index contributed by atoms with van der Waals surface area (Å²) < 4.78 is 28.2. The van der Waals surface area contributed by atoms with Crippen LogP contribution < -0.4 is 16.8 Å². The minimum Gasteiger partial charge on any atom is -0.398 e. The zero-order chi connectivity index (χ0) is 18.3. The summed E-state index contributed by atoms with van der Waals surface area (Å²) in [4.78, 5) is 12.7. The molecule has 0 bridgehead atoms. The van der Waals surface area contributed by atoms with Gasteiger partial charge in [-0.05, 0) is 24.3 Å². The minimum atomic E-state index is -1.27. The highest BCUT2D eigenvalue weighted by molar-refractivity contribution is 5.99. The molecule has 0 fully saturated rings. The van der Waals surface area contributed by atoms with E-state index in [4.69, 9.17) is 11.5 Å². The maximum absolute atomic E-state index is 13.6. The molecular formula is C17H15F2N7. The molecule has 0 radical (unpaired) electrons. The Balaban J connectivity index is 1.74. The van der Waals surface area contributed by atoms with Gasteiger partial charge in [0.1, 0.15) is 23.0 Å². The first-order valence-electron chi connectivity index (χ1n) is 7.79. The van der Waals surface area contributed by atoms with E-state index in [0.29, 0.717) is 28.6 Å². The van der Waals surface area contributed by atoms with Crippen LogP contribution in [0.3, 0.4) is 0 Å². The number of amidine groups is 1. The van der Waals surface area contributed by atoms with Gasteiger partial charge in [-0.25, -0.2) is 18.8 Å². The van der Waals surface area contributed by atoms with Crippen LogP contribution >= 0.6 is 0 Å². The fourth-order valence-electron chi connectivity index (χ4n) is 2.76. The number of hydrogen-bond donors (Lipinski definition) is 3. The molecule has 0 aromatic carbocycles. The van der Waals surface area contributed by atoms with E-state index in [1.54, 1.807) is 16.7 Å². The predicted molar refractivity (Wildman–Crippen MR) is 91.9 cm³/mol. The molecular weight excluding hydrogens is 340 g/mol. The number of imidazole rings is 1. The standard InChI is InChI=1S/C17H15F2N7/c18-10-1-3-12(22-6-10)5-17(21)14(20)8-24-16(25-17)13-7-23-15-4-2-11(19)9-26(13)15/h1-4,6-9H,5,20-21H2,(H,24,25). The van der Waals surface area contributed by atoms with E-state index in [-0.39, 0.29) is 6.42 Å². The summed E-state index contributed by atoms with van der Waals surface area (Å²) in [6.07, 6.45) is 5.68. The molecule has 0 aliphatic carbocycles. The summed E-state index contributed by atoms with van der Waals surface area (Å²) in [6.45, 7) is 0. The van der Waals surface area contributed by atoms with Crippen LogP contribution in [0.4, 0.5) is 8.78 Å². The van der Waals surface area contributed by atoms with Crippen LogP contribution in [-0.4, -0.2) is 25.9 Å². The third-order valence-electron chi connectivity index (χ3n) is 4.13. The summed E-state index contributed by atoms with van der Waals surface area (Å²) in [7, 11) is 0. The summed E-state index contributed by atoms with van der Waals surface area (Å²) in [5.41, 5.74) is 13.1. The molecule has 0 saturated carbocycles. The molecule has 0 amide bonds. The van der Waals surface area contributed by atoms with Crippen molar-refractivity contribution >= 4 is 11.5 Å². The molecule has 4 heterocycles. The molecule has 3 aromatic heterocycles. The summed E-state index contributed by atoms with van der Waals surface area (Å²) in [5, 5.41) is 2.95. The molecule has 0 saturated heterocycles. The molecule has 26 heavy (non-hydrogen) atoms. The second-order valence-electron chi connectivity index (χ2n) is 5.99. The van der Waals surface area contributed by atoms with Crippen LogP contribution in [0.15, 0.2) is 59.7 Å². The molecule has 7 nitrogen and oxygen atoms in total. The van der Waals surface area contributed by atoms with Crippen molar-refractivity contribution in [3.63, 3.8) is 0 Å². The fourth-order valence-corrected chi connectivity index (χ4v) is 2.76. The molecule has 3 aromatic rings. The van der Waals surface area contributed by atoms with Gasteiger partial charge in [0.2, 0.25) is 0 Å². The average Bonchev–Trinajstić information content (AvgIpc) is 3.02. The Morgan fingerprint density at radius 2 is 1.88 bits per heavy atom. The van der Waals surface area contributed by atoms with Crippen molar-refractivity contribution in [3.8, 4) is 0 Å². The summed E-state index contributed by atoms with van der Waals surface area (Å²) >= 11 is 0. The largest absolute Gasteiger partial charge is 0.398 e. The predicted octanol–water partition coefficient (Wildman–Crippen LogP) is 1.06. The lowest BCUT2D eigenvalue weighted by Gasteiger charge is -2.30. The average molecular weight is 355 g/mol. The van der Waals surface area contributed by atoms with Gasteiger partial charge >= 0.3 is 0 Å². The third-order valence-corrected chi connectivity index (χ3v) is 4.13. The van der Waals surface area contributed by atoms with E-state index in [0.717, 1.165) is 6.20 Å². The third kappa shape index (κ3) is 2.78. The Morgan fingerprint density at radius 3 is 2.65 bits per heavy atom. The van der Waals surface area contributed by atoms with E-state index >= 15 is 0 Å². The smallest absolute Gasteiger partial charge is 0.157 e. The Morgan fingerprint density at radius 1 is 1.08 bits per heavy atom. The van der Waals surface area contributed by atoms with Gasteiger partial charge in [-0.3, -0.25) is 9.38 Å². The minimum absolute atomic E-state index is 0.173. The van der Waals surface area contributed by atoms with E-state index < -0.39 is 17.3 Å². The van der Waals surface area contributed by atoms with Crippen LogP contribution in [0, 0.1) is 11.6 Å². The van der Waals surface area contributed by atoms with Crippen molar-refractivity contribution in [1.82, 2.24) is 19.7 Å². The molecule has 5 N–H and O–H groups in total. The first-order chi connectivity index (χ1) is 12.4. The molecule has 0 spiro atoms. The Hall–Kier alpha value is -3.33. The zero-order valence-corrected chi connectivity index (χ0v) is 13.5. The van der Waals surface area contributed by atoms with Gasteiger partial charge in [0, 0.05) is 24.5 Å². The van der Waals surface area contributed by atoms with Crippen molar-refractivity contribution < 1.29 is 8.78 Å². The molecule has 9 heteroatoms. The van der Waals surface area contributed by atoms with Crippen molar-refractivity contribution in [1.29, 1.82) is 0 Å². The summed E-state index contributed by atoms with van der Waals surface area (Å²) in [6, 6.07) is 5.71. The van der Waals surface area contributed by atoms with E-state index in [9.17, 15) is 8.78 Å². The molecule has 1 atom stereocenters. The lowest BCUT2D eigenvalue weighted by atomic mass is 10.00. The highest BCUT2D eigenvalue weighted by Crippen LogP contribution is 2.21. The first-order valence-corrected chi connectivity index (χ1v) is 7.79. The monoisotopic (exact) mass is 355 g/mol. The number of halogens is 2. The highest BCUT2D eigenvalue weighted by Gasteiger charge is 2.33. The Bertz CT molecular complexity index is 1040. The Labute approximate surface area is 147 Å². The number of nitrogens with two attached hydrogens (primary N) is 2. The van der Waals surface area contributed by atoms with Crippen molar-refractivity contribution in [2.75, 3.05) is 0 Å². The second-order valence-corrected chi connectivity index (χ2v) is 5.99. The van der Waals surface area contributed by atoms with Gasteiger partial charge in [0.25, 0.3) is 0 Å². The van der Waals surface area contributed by atoms with Gasteiger partial charge in [-0.15, -0.1) is 0 Å². The van der Waals surface area contributed by atoms with Crippen LogP contribution in [-0.2, 0) is 6.42 Å². The number of hydrogen-bond acceptors (Lipinski definition) is 6. The van der Waals surface area contributed by atoms with Gasteiger partial charge < -0.3 is 16.8 Å². The van der Waals surface area contributed by atoms with E-state index in [2.05, 4.69) is 20.3 Å².